The van der Waals surface area contributed by atoms with Gasteiger partial charge in [-0.05, 0) is 30.3 Å². The average Bonchev–Trinajstić information content (AvgIpc) is 3.40. The minimum Gasteiger partial charge on any atom is -0.451 e. The van der Waals surface area contributed by atoms with Crippen LogP contribution in [0.3, 0.4) is 0 Å². The zero-order chi connectivity index (χ0) is 22.1. The summed E-state index contributed by atoms with van der Waals surface area (Å²) in [5, 5.41) is 4.47. The predicted molar refractivity (Wildman–Crippen MR) is 124 cm³/mol. The number of carbonyl (C=O) groups excluding carboxylic acids is 1. The summed E-state index contributed by atoms with van der Waals surface area (Å²) in [7, 11) is 0. The molecule has 32 heavy (non-hydrogen) atoms. The lowest BCUT2D eigenvalue weighted by molar-refractivity contribution is 0.0998. The quantitative estimate of drug-likeness (QED) is 0.252. The number of hydrogen-bond donors (Lipinski definition) is 1. The van der Waals surface area contributed by atoms with Crippen LogP contribution in [-0.4, -0.2) is 20.9 Å². The molecular weight excluding hydrogens is 424 g/mol. The van der Waals surface area contributed by atoms with E-state index in [4.69, 9.17) is 8.83 Å². The van der Waals surface area contributed by atoms with Gasteiger partial charge in [-0.3, -0.25) is 4.79 Å². The molecule has 0 aliphatic heterocycles. The average molecular weight is 445 g/mol. The van der Waals surface area contributed by atoms with Gasteiger partial charge in [-0.15, -0.1) is 0 Å². The Morgan fingerprint density at radius 2 is 1.84 bits per heavy atom. The molecule has 8 heteroatoms. The molecular formula is C24H20N4O3S. The number of nitrogens with one attached hydrogen (secondary N) is 1. The van der Waals surface area contributed by atoms with Crippen LogP contribution >= 0.6 is 11.8 Å². The molecule has 0 radical (unpaired) electrons. The lowest BCUT2D eigenvalue weighted by Crippen LogP contribution is -2.12. The van der Waals surface area contributed by atoms with E-state index in [1.54, 1.807) is 30.6 Å². The first-order valence-corrected chi connectivity index (χ1v) is 11.2. The number of oxazole rings is 1. The Morgan fingerprint density at radius 3 is 2.66 bits per heavy atom. The number of para-hydroxylation sites is 1. The lowest BCUT2D eigenvalue weighted by atomic mass is 10.1. The summed E-state index contributed by atoms with van der Waals surface area (Å²) in [4.78, 5) is 26.2. The Kier molecular flexibility index (Phi) is 5.36. The maximum atomic E-state index is 13.2. The molecule has 3 aromatic heterocycles. The molecule has 160 valence electrons. The van der Waals surface area contributed by atoms with Crippen LogP contribution in [0, 0.1) is 0 Å². The Balaban J connectivity index is 1.44. The van der Waals surface area contributed by atoms with Gasteiger partial charge in [-0.1, -0.05) is 43.8 Å². The van der Waals surface area contributed by atoms with Crippen molar-refractivity contribution in [3.8, 4) is 0 Å². The van der Waals surface area contributed by atoms with Crippen molar-refractivity contribution in [1.29, 1.82) is 0 Å². The van der Waals surface area contributed by atoms with Crippen LogP contribution in [0.25, 0.3) is 22.1 Å². The summed E-state index contributed by atoms with van der Waals surface area (Å²) in [6, 6.07) is 14.8. The first-order chi connectivity index (χ1) is 15.6. The number of nitrogens with zero attached hydrogens (tertiary/aromatic N) is 3. The molecule has 0 spiro atoms. The molecule has 0 saturated carbocycles. The van der Waals surface area contributed by atoms with Crippen molar-refractivity contribution < 1.29 is 13.6 Å². The molecule has 0 bridgehead atoms. The third-order valence-electron chi connectivity index (χ3n) is 4.95. The van der Waals surface area contributed by atoms with E-state index in [-0.39, 0.29) is 17.6 Å². The first-order valence-electron chi connectivity index (χ1n) is 10.2. The molecule has 0 unspecified atom stereocenters. The molecule has 2 aromatic carbocycles. The molecule has 0 aliphatic carbocycles. The van der Waals surface area contributed by atoms with Crippen LogP contribution in [-0.2, 0) is 5.75 Å². The molecule has 0 saturated heterocycles. The molecule has 1 amide bonds. The van der Waals surface area contributed by atoms with Gasteiger partial charge in [-0.2, -0.15) is 0 Å². The number of carbonyl (C=O) groups is 1. The summed E-state index contributed by atoms with van der Waals surface area (Å²) in [5.74, 6) is 1.31. The molecule has 0 aliphatic rings. The molecule has 0 atom stereocenters. The molecule has 5 rings (SSSR count). The Labute approximate surface area is 188 Å². The minimum absolute atomic E-state index is 0.185. The van der Waals surface area contributed by atoms with Crippen molar-refractivity contribution in [2.75, 3.05) is 5.32 Å². The highest BCUT2D eigenvalue weighted by atomic mass is 32.2. The first kappa shape index (κ1) is 20.3. The monoisotopic (exact) mass is 444 g/mol. The normalized spacial score (nSPS) is 11.5. The van der Waals surface area contributed by atoms with Gasteiger partial charge in [0.2, 0.25) is 0 Å². The van der Waals surface area contributed by atoms with E-state index in [2.05, 4.69) is 20.3 Å². The van der Waals surface area contributed by atoms with E-state index in [1.807, 2.05) is 44.2 Å². The summed E-state index contributed by atoms with van der Waals surface area (Å²) in [6.07, 6.45) is 3.39. The number of benzene rings is 2. The highest BCUT2D eigenvalue weighted by molar-refractivity contribution is 7.98. The van der Waals surface area contributed by atoms with Gasteiger partial charge in [0.25, 0.3) is 5.91 Å². The second-order valence-electron chi connectivity index (χ2n) is 7.57. The second kappa shape index (κ2) is 8.47. The SMILES string of the molecule is CC(C)c1nc2cc(NC(=O)c3oc4ccccc4c3CSc3ncccn3)ccc2o1. The smallest absolute Gasteiger partial charge is 0.291 e. The fourth-order valence-electron chi connectivity index (χ4n) is 3.38. The third kappa shape index (κ3) is 3.97. The number of hydrogen-bond acceptors (Lipinski definition) is 7. The third-order valence-corrected chi connectivity index (χ3v) is 5.85. The van der Waals surface area contributed by atoms with E-state index in [0.29, 0.717) is 39.2 Å². The number of thioether (sulfide) groups is 1. The Bertz CT molecular complexity index is 1410. The van der Waals surface area contributed by atoms with Crippen LogP contribution in [0.5, 0.6) is 0 Å². The number of fused-ring (bicyclic) bond motifs is 2. The molecule has 1 N–H and O–H groups in total. The van der Waals surface area contributed by atoms with Crippen LogP contribution in [0.1, 0.15) is 41.8 Å². The van der Waals surface area contributed by atoms with Crippen molar-refractivity contribution in [2.24, 2.45) is 0 Å². The fraction of sp³-hybridized carbons (Fsp3) is 0.167. The maximum Gasteiger partial charge on any atom is 0.291 e. The number of anilines is 1. The molecule has 5 aromatic rings. The van der Waals surface area contributed by atoms with Crippen molar-refractivity contribution in [2.45, 2.75) is 30.7 Å². The van der Waals surface area contributed by atoms with Gasteiger partial charge in [0.15, 0.2) is 22.4 Å². The van der Waals surface area contributed by atoms with Crippen LogP contribution < -0.4 is 5.32 Å². The highest BCUT2D eigenvalue weighted by Crippen LogP contribution is 2.32. The van der Waals surface area contributed by atoms with Crippen LogP contribution in [0.4, 0.5) is 5.69 Å². The number of aromatic nitrogens is 3. The van der Waals surface area contributed by atoms with Crippen molar-refractivity contribution in [1.82, 2.24) is 15.0 Å². The maximum absolute atomic E-state index is 13.2. The number of furan rings is 1. The summed E-state index contributed by atoms with van der Waals surface area (Å²) in [6.45, 7) is 4.05. The van der Waals surface area contributed by atoms with Crippen LogP contribution in [0.15, 0.2) is 74.9 Å². The molecule has 0 fully saturated rings. The van der Waals surface area contributed by atoms with Crippen molar-refractivity contribution in [3.63, 3.8) is 0 Å². The minimum atomic E-state index is -0.322. The summed E-state index contributed by atoms with van der Waals surface area (Å²) in [5.41, 5.74) is 3.48. The van der Waals surface area contributed by atoms with E-state index in [9.17, 15) is 4.79 Å². The van der Waals surface area contributed by atoms with Crippen molar-refractivity contribution in [3.05, 3.63) is 78.1 Å². The molecule has 7 nitrogen and oxygen atoms in total. The number of rotatable bonds is 6. The summed E-state index contributed by atoms with van der Waals surface area (Å²) < 4.78 is 11.7. The van der Waals surface area contributed by atoms with E-state index < -0.39 is 0 Å². The van der Waals surface area contributed by atoms with Gasteiger partial charge in [0.05, 0.1) is 0 Å². The molecule has 3 heterocycles. The topological polar surface area (TPSA) is 94.1 Å². The van der Waals surface area contributed by atoms with Gasteiger partial charge >= 0.3 is 0 Å². The van der Waals surface area contributed by atoms with Crippen molar-refractivity contribution >= 4 is 45.4 Å². The zero-order valence-corrected chi connectivity index (χ0v) is 18.3. The van der Waals surface area contributed by atoms with Gasteiger partial charge in [-0.25, -0.2) is 15.0 Å². The lowest BCUT2D eigenvalue weighted by Gasteiger charge is -2.05. The van der Waals surface area contributed by atoms with Gasteiger partial charge in [0, 0.05) is 40.7 Å². The largest absolute Gasteiger partial charge is 0.451 e. The fourth-order valence-corrected chi connectivity index (χ4v) is 4.21. The van der Waals surface area contributed by atoms with E-state index in [1.165, 1.54) is 11.8 Å². The standard InChI is InChI=1S/C24H20N4O3S/c1-14(2)23-28-18-12-15(8-9-20(18)31-23)27-22(29)21-17(13-32-24-25-10-5-11-26-24)16-6-3-4-7-19(16)30-21/h3-12,14H,13H2,1-2H3,(H,27,29). The van der Waals surface area contributed by atoms with Crippen LogP contribution in [0.2, 0.25) is 0 Å². The second-order valence-corrected chi connectivity index (χ2v) is 8.51. The Morgan fingerprint density at radius 1 is 1.03 bits per heavy atom. The van der Waals surface area contributed by atoms with E-state index in [0.717, 1.165) is 10.9 Å². The highest BCUT2D eigenvalue weighted by Gasteiger charge is 2.21. The van der Waals surface area contributed by atoms with E-state index >= 15 is 0 Å². The summed E-state index contributed by atoms with van der Waals surface area (Å²) >= 11 is 1.45. The van der Waals surface area contributed by atoms with Gasteiger partial charge < -0.3 is 14.2 Å². The van der Waals surface area contributed by atoms with Gasteiger partial charge in [0.1, 0.15) is 11.1 Å². The number of amides is 1. The predicted octanol–water partition coefficient (Wildman–Crippen LogP) is 6.03. The zero-order valence-electron chi connectivity index (χ0n) is 17.5. The Hall–Kier alpha value is -3.65.